The van der Waals surface area contributed by atoms with Gasteiger partial charge in [0, 0.05) is 5.92 Å². The summed E-state index contributed by atoms with van der Waals surface area (Å²) in [6.07, 6.45) is 0.0976. The summed E-state index contributed by atoms with van der Waals surface area (Å²) in [4.78, 5) is 0. The molecule has 1 aromatic carbocycles. The number of hydrogen-bond donors (Lipinski definition) is 0. The van der Waals surface area contributed by atoms with Gasteiger partial charge in [0.05, 0.1) is 5.56 Å². The van der Waals surface area contributed by atoms with Gasteiger partial charge in [0.25, 0.3) is 5.92 Å². The van der Waals surface area contributed by atoms with Crippen molar-refractivity contribution >= 4 is 0 Å². The fourth-order valence-corrected chi connectivity index (χ4v) is 2.05. The third kappa shape index (κ3) is 1.27. The summed E-state index contributed by atoms with van der Waals surface area (Å²) in [5.41, 5.74) is -0.446. The Bertz CT molecular complexity index is 423. The standard InChI is InChI=1S/C11H10F4/c1-5-3-7-4-6(2)11(14,15)8(7)10(13)9(5)12/h3,6H,4H2,1-2H3. The molecular weight excluding hydrogens is 208 g/mol. The SMILES string of the molecule is Cc1cc2c(c(F)c1F)C(F)(F)C(C)C2. The van der Waals surface area contributed by atoms with E-state index in [1.165, 1.54) is 19.9 Å². The van der Waals surface area contributed by atoms with Crippen molar-refractivity contribution in [1.82, 2.24) is 0 Å². The Morgan fingerprint density at radius 1 is 1.27 bits per heavy atom. The first kappa shape index (κ1) is 10.5. The Hall–Kier alpha value is -1.06. The molecule has 15 heavy (non-hydrogen) atoms. The van der Waals surface area contributed by atoms with Crippen molar-refractivity contribution < 1.29 is 17.6 Å². The first-order valence-corrected chi connectivity index (χ1v) is 4.71. The molecule has 0 aromatic heterocycles. The van der Waals surface area contributed by atoms with Crippen LogP contribution in [0.15, 0.2) is 6.07 Å². The molecule has 0 amide bonds. The molecule has 2 rings (SSSR count). The van der Waals surface area contributed by atoms with E-state index in [-0.39, 0.29) is 17.5 Å². The Labute approximate surface area is 84.9 Å². The lowest BCUT2D eigenvalue weighted by molar-refractivity contribution is -0.0481. The van der Waals surface area contributed by atoms with Crippen LogP contribution in [0.1, 0.15) is 23.6 Å². The molecule has 1 aromatic rings. The third-order valence-corrected chi connectivity index (χ3v) is 2.95. The molecule has 0 heterocycles. The molecule has 82 valence electrons. The summed E-state index contributed by atoms with van der Waals surface area (Å²) in [6.45, 7) is 2.71. The van der Waals surface area contributed by atoms with Gasteiger partial charge >= 0.3 is 0 Å². The van der Waals surface area contributed by atoms with Crippen molar-refractivity contribution in [1.29, 1.82) is 0 Å². The highest BCUT2D eigenvalue weighted by Gasteiger charge is 2.48. The average Bonchev–Trinajstić information content (AvgIpc) is 2.34. The maximum atomic E-state index is 13.5. The van der Waals surface area contributed by atoms with Crippen molar-refractivity contribution in [3.8, 4) is 0 Å². The van der Waals surface area contributed by atoms with Gasteiger partial charge < -0.3 is 0 Å². The van der Waals surface area contributed by atoms with Gasteiger partial charge in [0.1, 0.15) is 0 Å². The Kier molecular flexibility index (Phi) is 2.07. The normalized spacial score (nSPS) is 22.9. The summed E-state index contributed by atoms with van der Waals surface area (Å²) in [7, 11) is 0. The maximum absolute atomic E-state index is 13.5. The number of rotatable bonds is 0. The molecule has 0 bridgehead atoms. The van der Waals surface area contributed by atoms with Gasteiger partial charge in [-0.25, -0.2) is 17.6 Å². The first-order valence-electron chi connectivity index (χ1n) is 4.71. The number of aryl methyl sites for hydroxylation is 1. The highest BCUT2D eigenvalue weighted by Crippen LogP contribution is 2.47. The summed E-state index contributed by atoms with van der Waals surface area (Å²) < 4.78 is 53.5. The van der Waals surface area contributed by atoms with E-state index in [0.29, 0.717) is 0 Å². The summed E-state index contributed by atoms with van der Waals surface area (Å²) in [5, 5.41) is 0. The minimum Gasteiger partial charge on any atom is -0.203 e. The Morgan fingerprint density at radius 2 is 1.87 bits per heavy atom. The minimum atomic E-state index is -3.26. The van der Waals surface area contributed by atoms with E-state index in [9.17, 15) is 17.6 Å². The Morgan fingerprint density at radius 3 is 2.47 bits per heavy atom. The van der Waals surface area contributed by atoms with Crippen LogP contribution in [0, 0.1) is 24.5 Å². The topological polar surface area (TPSA) is 0 Å². The summed E-state index contributed by atoms with van der Waals surface area (Å²) in [6, 6.07) is 1.31. The van der Waals surface area contributed by atoms with E-state index in [2.05, 4.69) is 0 Å². The smallest absolute Gasteiger partial charge is 0.203 e. The molecule has 1 atom stereocenters. The lowest BCUT2D eigenvalue weighted by atomic mass is 10.0. The monoisotopic (exact) mass is 218 g/mol. The second-order valence-electron chi connectivity index (χ2n) is 4.08. The molecule has 0 radical (unpaired) electrons. The van der Waals surface area contributed by atoms with E-state index in [0.717, 1.165) is 0 Å². The van der Waals surface area contributed by atoms with Crippen LogP contribution in [0.4, 0.5) is 17.6 Å². The largest absolute Gasteiger partial charge is 0.279 e. The van der Waals surface area contributed by atoms with Crippen LogP contribution in [0.2, 0.25) is 0 Å². The number of benzene rings is 1. The molecule has 0 N–H and O–H groups in total. The molecule has 1 aliphatic carbocycles. The van der Waals surface area contributed by atoms with Gasteiger partial charge in [0.2, 0.25) is 0 Å². The van der Waals surface area contributed by atoms with Crippen LogP contribution in [-0.2, 0) is 12.3 Å². The molecule has 0 aliphatic heterocycles. The molecule has 0 saturated carbocycles. The zero-order valence-corrected chi connectivity index (χ0v) is 8.37. The molecule has 0 saturated heterocycles. The fourth-order valence-electron chi connectivity index (χ4n) is 2.05. The van der Waals surface area contributed by atoms with Crippen LogP contribution >= 0.6 is 0 Å². The van der Waals surface area contributed by atoms with Gasteiger partial charge in [-0.15, -0.1) is 0 Å². The predicted molar refractivity (Wildman–Crippen MR) is 47.9 cm³/mol. The molecule has 1 unspecified atom stereocenters. The fraction of sp³-hybridized carbons (Fsp3) is 0.455. The predicted octanol–water partition coefficient (Wildman–Crippen LogP) is 3.56. The zero-order chi connectivity index (χ0) is 11.4. The first-order chi connectivity index (χ1) is 6.85. The average molecular weight is 218 g/mol. The number of hydrogen-bond acceptors (Lipinski definition) is 0. The highest BCUT2D eigenvalue weighted by atomic mass is 19.3. The lowest BCUT2D eigenvalue weighted by Crippen LogP contribution is -2.19. The highest BCUT2D eigenvalue weighted by molar-refractivity contribution is 5.41. The van der Waals surface area contributed by atoms with Crippen molar-refractivity contribution in [3.63, 3.8) is 0 Å². The van der Waals surface area contributed by atoms with E-state index in [4.69, 9.17) is 0 Å². The van der Waals surface area contributed by atoms with Crippen molar-refractivity contribution in [2.75, 3.05) is 0 Å². The van der Waals surface area contributed by atoms with Crippen LogP contribution in [-0.4, -0.2) is 0 Å². The maximum Gasteiger partial charge on any atom is 0.279 e. The van der Waals surface area contributed by atoms with Crippen LogP contribution in [0.3, 0.4) is 0 Å². The molecule has 0 fully saturated rings. The van der Waals surface area contributed by atoms with E-state index in [1.807, 2.05) is 0 Å². The van der Waals surface area contributed by atoms with Crippen molar-refractivity contribution in [3.05, 3.63) is 34.4 Å². The lowest BCUT2D eigenvalue weighted by Gasteiger charge is -2.16. The molecular formula is C11H10F4. The second-order valence-corrected chi connectivity index (χ2v) is 4.08. The van der Waals surface area contributed by atoms with Crippen LogP contribution < -0.4 is 0 Å². The van der Waals surface area contributed by atoms with Gasteiger partial charge in [0.15, 0.2) is 11.6 Å². The van der Waals surface area contributed by atoms with Gasteiger partial charge in [-0.2, -0.15) is 0 Å². The molecule has 0 spiro atoms. The van der Waals surface area contributed by atoms with E-state index >= 15 is 0 Å². The van der Waals surface area contributed by atoms with Crippen molar-refractivity contribution in [2.24, 2.45) is 5.92 Å². The quantitative estimate of drug-likeness (QED) is 0.584. The van der Waals surface area contributed by atoms with E-state index in [1.54, 1.807) is 0 Å². The van der Waals surface area contributed by atoms with Gasteiger partial charge in [-0.3, -0.25) is 0 Å². The molecule has 0 nitrogen and oxygen atoms in total. The minimum absolute atomic E-state index is 0.0798. The van der Waals surface area contributed by atoms with Gasteiger partial charge in [-0.05, 0) is 24.5 Å². The number of halogens is 4. The third-order valence-electron chi connectivity index (χ3n) is 2.95. The van der Waals surface area contributed by atoms with E-state index < -0.39 is 29.0 Å². The van der Waals surface area contributed by atoms with Crippen LogP contribution in [0.5, 0.6) is 0 Å². The number of fused-ring (bicyclic) bond motifs is 1. The number of alkyl halides is 2. The summed E-state index contributed by atoms with van der Waals surface area (Å²) >= 11 is 0. The summed E-state index contributed by atoms with van der Waals surface area (Å²) in [5.74, 6) is -6.78. The van der Waals surface area contributed by atoms with Gasteiger partial charge in [-0.1, -0.05) is 13.0 Å². The Balaban J connectivity index is 2.72. The second kappa shape index (κ2) is 2.97. The molecule has 4 heteroatoms. The van der Waals surface area contributed by atoms with Crippen molar-refractivity contribution in [2.45, 2.75) is 26.2 Å². The molecule has 1 aliphatic rings. The zero-order valence-electron chi connectivity index (χ0n) is 8.37. The van der Waals surface area contributed by atoms with Crippen LogP contribution in [0.25, 0.3) is 0 Å².